The molecule has 0 aromatic heterocycles. The number of rotatable bonds is 4. The third-order valence-corrected chi connectivity index (χ3v) is 4.86. The zero-order valence-corrected chi connectivity index (χ0v) is 12.5. The fraction of sp³-hybridized carbons (Fsp3) is 0.294. The van der Waals surface area contributed by atoms with Crippen molar-refractivity contribution in [1.29, 1.82) is 0 Å². The minimum atomic E-state index is 0.461. The van der Waals surface area contributed by atoms with Crippen LogP contribution in [0.2, 0.25) is 0 Å². The van der Waals surface area contributed by atoms with E-state index in [1.165, 1.54) is 16.9 Å². The van der Waals surface area contributed by atoms with Crippen molar-refractivity contribution in [3.8, 4) is 11.5 Å². The maximum absolute atomic E-state index is 6.10. The maximum Gasteiger partial charge on any atom is 0.141 e. The first-order valence-corrected chi connectivity index (χ1v) is 7.93. The van der Waals surface area contributed by atoms with Crippen molar-refractivity contribution in [2.75, 3.05) is 13.6 Å². The van der Waals surface area contributed by atoms with Gasteiger partial charge in [-0.05, 0) is 44.6 Å². The average molecular weight is 285 g/mol. The van der Waals surface area contributed by atoms with E-state index in [1.807, 2.05) is 30.9 Å². The van der Waals surface area contributed by atoms with Gasteiger partial charge in [-0.15, -0.1) is 11.8 Å². The molecular weight excluding hydrogens is 266 g/mol. The Kier molecular flexibility index (Phi) is 4.28. The number of hydrogen-bond acceptors (Lipinski definition) is 3. The van der Waals surface area contributed by atoms with Crippen LogP contribution in [0.15, 0.2) is 53.4 Å². The van der Waals surface area contributed by atoms with E-state index in [-0.39, 0.29) is 0 Å². The van der Waals surface area contributed by atoms with Crippen molar-refractivity contribution in [2.45, 2.75) is 23.0 Å². The molecule has 1 atom stereocenters. The summed E-state index contributed by atoms with van der Waals surface area (Å²) in [6.45, 7) is 1.06. The summed E-state index contributed by atoms with van der Waals surface area (Å²) in [5.41, 5.74) is 1.31. The van der Waals surface area contributed by atoms with Crippen molar-refractivity contribution >= 4 is 11.8 Å². The number of fused-ring (bicyclic) bond motifs is 2. The molecule has 0 unspecified atom stereocenters. The Balaban J connectivity index is 1.93. The maximum atomic E-state index is 6.10. The average Bonchev–Trinajstić information content (AvgIpc) is 2.64. The molecule has 1 N–H and O–H groups in total. The van der Waals surface area contributed by atoms with E-state index >= 15 is 0 Å². The van der Waals surface area contributed by atoms with Gasteiger partial charge in [0.25, 0.3) is 0 Å². The second-order valence-corrected chi connectivity index (χ2v) is 6.18. The lowest BCUT2D eigenvalue weighted by Crippen LogP contribution is -2.08. The fourth-order valence-corrected chi connectivity index (χ4v) is 3.78. The van der Waals surface area contributed by atoms with Gasteiger partial charge in [-0.1, -0.05) is 30.3 Å². The zero-order valence-electron chi connectivity index (χ0n) is 11.6. The molecule has 0 bridgehead atoms. The summed E-state index contributed by atoms with van der Waals surface area (Å²) in [7, 11) is 2.01. The highest BCUT2D eigenvalue weighted by molar-refractivity contribution is 7.99. The van der Waals surface area contributed by atoms with E-state index in [0.717, 1.165) is 24.5 Å². The molecule has 3 heteroatoms. The van der Waals surface area contributed by atoms with Gasteiger partial charge in [-0.2, -0.15) is 0 Å². The Morgan fingerprint density at radius 2 is 1.80 bits per heavy atom. The van der Waals surface area contributed by atoms with Crippen LogP contribution in [0.3, 0.4) is 0 Å². The van der Waals surface area contributed by atoms with E-state index in [4.69, 9.17) is 4.74 Å². The first kappa shape index (κ1) is 13.5. The van der Waals surface area contributed by atoms with Gasteiger partial charge in [0, 0.05) is 10.8 Å². The Hall–Kier alpha value is -1.45. The Morgan fingerprint density at radius 3 is 2.65 bits per heavy atom. The number of nitrogens with one attached hydrogen (secondary N) is 1. The molecule has 2 aromatic carbocycles. The van der Waals surface area contributed by atoms with Gasteiger partial charge in [0.2, 0.25) is 0 Å². The van der Waals surface area contributed by atoms with E-state index in [9.17, 15) is 0 Å². The molecule has 0 spiro atoms. The van der Waals surface area contributed by atoms with Crippen LogP contribution in [0.4, 0.5) is 0 Å². The van der Waals surface area contributed by atoms with Gasteiger partial charge < -0.3 is 10.1 Å². The largest absolute Gasteiger partial charge is 0.456 e. The van der Waals surface area contributed by atoms with Crippen molar-refractivity contribution in [3.63, 3.8) is 0 Å². The van der Waals surface area contributed by atoms with Crippen molar-refractivity contribution in [3.05, 3.63) is 54.1 Å². The summed E-state index contributed by atoms with van der Waals surface area (Å²) < 4.78 is 6.10. The number of para-hydroxylation sites is 2. The summed E-state index contributed by atoms with van der Waals surface area (Å²) in [5.74, 6) is 1.97. The van der Waals surface area contributed by atoms with Crippen LogP contribution >= 0.6 is 11.8 Å². The van der Waals surface area contributed by atoms with Gasteiger partial charge in [0.15, 0.2) is 0 Å². The first-order valence-electron chi connectivity index (χ1n) is 7.05. The van der Waals surface area contributed by atoms with Crippen molar-refractivity contribution < 1.29 is 4.74 Å². The Morgan fingerprint density at radius 1 is 1.05 bits per heavy atom. The van der Waals surface area contributed by atoms with Crippen LogP contribution in [-0.2, 0) is 0 Å². The summed E-state index contributed by atoms with van der Waals surface area (Å²) in [4.78, 5) is 1.23. The molecule has 1 heterocycles. The molecule has 2 aromatic rings. The number of thioether (sulfide) groups is 1. The van der Waals surface area contributed by atoms with Gasteiger partial charge in [0.1, 0.15) is 11.5 Å². The highest BCUT2D eigenvalue weighted by atomic mass is 32.2. The van der Waals surface area contributed by atoms with E-state index < -0.39 is 0 Å². The van der Waals surface area contributed by atoms with Crippen LogP contribution in [0.25, 0.3) is 0 Å². The van der Waals surface area contributed by atoms with Crippen LogP contribution in [0.1, 0.15) is 23.7 Å². The van der Waals surface area contributed by atoms with Crippen LogP contribution in [0, 0.1) is 0 Å². The van der Waals surface area contributed by atoms with E-state index in [1.54, 1.807) is 0 Å². The lowest BCUT2D eigenvalue weighted by molar-refractivity contribution is 0.467. The second-order valence-electron chi connectivity index (χ2n) is 4.94. The molecule has 20 heavy (non-hydrogen) atoms. The molecular formula is C17H19NOS. The number of benzene rings is 2. The van der Waals surface area contributed by atoms with Crippen molar-refractivity contribution in [1.82, 2.24) is 5.32 Å². The smallest absolute Gasteiger partial charge is 0.141 e. The first-order chi connectivity index (χ1) is 9.88. The molecule has 0 amide bonds. The van der Waals surface area contributed by atoms with Gasteiger partial charge in [-0.25, -0.2) is 0 Å². The summed E-state index contributed by atoms with van der Waals surface area (Å²) in [6.07, 6.45) is 2.32. The minimum absolute atomic E-state index is 0.461. The van der Waals surface area contributed by atoms with Crippen LogP contribution in [0.5, 0.6) is 11.5 Å². The second kappa shape index (κ2) is 6.33. The molecule has 1 aliphatic rings. The molecule has 2 nitrogen and oxygen atoms in total. The minimum Gasteiger partial charge on any atom is -0.456 e. The lowest BCUT2D eigenvalue weighted by atomic mass is 10.1. The molecule has 1 aliphatic heterocycles. The quantitative estimate of drug-likeness (QED) is 0.828. The molecule has 0 fully saturated rings. The molecule has 0 aliphatic carbocycles. The predicted molar refractivity (Wildman–Crippen MR) is 84.7 cm³/mol. The SMILES string of the molecule is CNCCC[C@H]1Sc2ccccc2Oc2ccccc21. The third-order valence-electron chi connectivity index (χ3n) is 3.50. The fourth-order valence-electron chi connectivity index (χ4n) is 2.49. The zero-order chi connectivity index (χ0) is 13.8. The van der Waals surface area contributed by atoms with Gasteiger partial charge in [0.05, 0.1) is 4.90 Å². The van der Waals surface area contributed by atoms with E-state index in [2.05, 4.69) is 41.7 Å². The topological polar surface area (TPSA) is 21.3 Å². The summed E-state index contributed by atoms with van der Waals surface area (Å²) in [6, 6.07) is 16.7. The lowest BCUT2D eigenvalue weighted by Gasteiger charge is -2.15. The highest BCUT2D eigenvalue weighted by Gasteiger charge is 2.23. The highest BCUT2D eigenvalue weighted by Crippen LogP contribution is 2.49. The monoisotopic (exact) mass is 285 g/mol. The predicted octanol–water partition coefficient (Wildman–Crippen LogP) is 4.63. The standard InChI is InChI=1S/C17H19NOS/c1-18-12-6-11-16-13-7-2-3-8-14(13)19-15-9-4-5-10-17(15)20-16/h2-5,7-10,16,18H,6,11-12H2,1H3/t16-/m1/s1. The molecule has 0 radical (unpaired) electrons. The summed E-state index contributed by atoms with van der Waals surface area (Å²) in [5, 5.41) is 3.69. The number of ether oxygens (including phenoxy) is 1. The van der Waals surface area contributed by atoms with Gasteiger partial charge >= 0.3 is 0 Å². The third kappa shape index (κ3) is 2.84. The molecule has 104 valence electrons. The molecule has 3 rings (SSSR count). The number of hydrogen-bond donors (Lipinski definition) is 1. The molecule has 0 saturated heterocycles. The van der Waals surface area contributed by atoms with Crippen LogP contribution in [-0.4, -0.2) is 13.6 Å². The molecule has 0 saturated carbocycles. The summed E-state index contributed by atoms with van der Waals surface area (Å²) >= 11 is 1.92. The van der Waals surface area contributed by atoms with Crippen molar-refractivity contribution in [2.24, 2.45) is 0 Å². The Bertz CT molecular complexity index is 585. The Labute approximate surface area is 124 Å². The van der Waals surface area contributed by atoms with E-state index in [0.29, 0.717) is 5.25 Å². The normalized spacial score (nSPS) is 16.8. The van der Waals surface area contributed by atoms with Crippen LogP contribution < -0.4 is 10.1 Å². The van der Waals surface area contributed by atoms with Gasteiger partial charge in [-0.3, -0.25) is 0 Å².